The Bertz CT molecular complexity index is 1230. The molecule has 2 heterocycles. The molecule has 10 heteroatoms. The molecule has 1 aromatic heterocycles. The Morgan fingerprint density at radius 3 is 2.56 bits per heavy atom. The van der Waals surface area contributed by atoms with E-state index in [1.54, 1.807) is 13.0 Å². The standard InChI is InChI=1S/C24H27FN4O4S/c1-3-6-22(30)20-13-19(14-26)23(27-16(20)2)29-11-9-17(10-12-29)24(31)28-34(32,33)15-18-7-4-5-8-21(18)25/h4-5,7-8,13,17H,3,6,9-12,15H2,1-2H3,(H,28,31). The quantitative estimate of drug-likeness (QED) is 0.569. The van der Waals surface area contributed by atoms with Crippen LogP contribution in [0.25, 0.3) is 0 Å². The summed E-state index contributed by atoms with van der Waals surface area (Å²) >= 11 is 0. The molecule has 0 radical (unpaired) electrons. The van der Waals surface area contributed by atoms with Crippen molar-refractivity contribution in [2.45, 2.75) is 45.3 Å². The Balaban J connectivity index is 1.65. The van der Waals surface area contributed by atoms with Crippen molar-refractivity contribution in [3.63, 3.8) is 0 Å². The normalized spacial score (nSPS) is 14.5. The molecule has 0 saturated carbocycles. The number of benzene rings is 1. The number of hydrogen-bond donors (Lipinski definition) is 1. The second-order valence-electron chi connectivity index (χ2n) is 8.36. The second-order valence-corrected chi connectivity index (χ2v) is 10.1. The molecule has 0 atom stereocenters. The molecule has 1 aliphatic rings. The Kier molecular flexibility index (Phi) is 7.99. The molecule has 180 valence electrons. The predicted molar refractivity (Wildman–Crippen MR) is 125 cm³/mol. The van der Waals surface area contributed by atoms with Crippen molar-refractivity contribution >= 4 is 27.5 Å². The summed E-state index contributed by atoms with van der Waals surface area (Å²) in [5.74, 6) is -2.03. The van der Waals surface area contributed by atoms with Crippen LogP contribution in [0, 0.1) is 30.0 Å². The summed E-state index contributed by atoms with van der Waals surface area (Å²) in [5.41, 5.74) is 1.27. The highest BCUT2D eigenvalue weighted by Gasteiger charge is 2.30. The number of anilines is 1. The Morgan fingerprint density at radius 2 is 1.94 bits per heavy atom. The number of aromatic nitrogens is 1. The van der Waals surface area contributed by atoms with E-state index < -0.39 is 33.4 Å². The molecular weight excluding hydrogens is 459 g/mol. The second kappa shape index (κ2) is 10.7. The van der Waals surface area contributed by atoms with E-state index in [0.717, 1.165) is 0 Å². The van der Waals surface area contributed by atoms with Crippen molar-refractivity contribution < 1.29 is 22.4 Å². The van der Waals surface area contributed by atoms with Crippen molar-refractivity contribution in [2.75, 3.05) is 18.0 Å². The van der Waals surface area contributed by atoms with Gasteiger partial charge in [-0.05, 0) is 38.3 Å². The van der Waals surface area contributed by atoms with Crippen molar-refractivity contribution in [3.8, 4) is 6.07 Å². The van der Waals surface area contributed by atoms with Crippen LogP contribution in [-0.4, -0.2) is 38.2 Å². The fraction of sp³-hybridized carbons (Fsp3) is 0.417. The van der Waals surface area contributed by atoms with Gasteiger partial charge in [0, 0.05) is 36.6 Å². The summed E-state index contributed by atoms with van der Waals surface area (Å²) in [4.78, 5) is 31.3. The minimum absolute atomic E-state index is 0.0102. The van der Waals surface area contributed by atoms with Gasteiger partial charge in [0.2, 0.25) is 15.9 Å². The maximum atomic E-state index is 13.8. The highest BCUT2D eigenvalue weighted by atomic mass is 32.2. The number of aryl methyl sites for hydroxylation is 1. The highest BCUT2D eigenvalue weighted by molar-refractivity contribution is 7.89. The summed E-state index contributed by atoms with van der Waals surface area (Å²) in [6, 6.07) is 9.20. The fourth-order valence-electron chi connectivity index (χ4n) is 4.01. The summed E-state index contributed by atoms with van der Waals surface area (Å²) in [6.07, 6.45) is 1.81. The van der Waals surface area contributed by atoms with E-state index in [-0.39, 0.29) is 11.3 Å². The number of halogens is 1. The van der Waals surface area contributed by atoms with E-state index in [2.05, 4.69) is 15.8 Å². The molecule has 1 aromatic carbocycles. The molecular formula is C24H27FN4O4S. The van der Waals surface area contributed by atoms with Gasteiger partial charge < -0.3 is 4.90 Å². The van der Waals surface area contributed by atoms with Crippen LogP contribution in [0.4, 0.5) is 10.2 Å². The zero-order valence-corrected chi connectivity index (χ0v) is 20.0. The number of pyridine rings is 1. The van der Waals surface area contributed by atoms with E-state index in [0.29, 0.717) is 61.4 Å². The molecule has 1 N–H and O–H groups in total. The first-order chi connectivity index (χ1) is 16.1. The van der Waals surface area contributed by atoms with Gasteiger partial charge in [-0.2, -0.15) is 5.26 Å². The van der Waals surface area contributed by atoms with E-state index in [1.165, 1.54) is 24.3 Å². The lowest BCUT2D eigenvalue weighted by Gasteiger charge is -2.32. The number of nitrogens with one attached hydrogen (secondary N) is 1. The lowest BCUT2D eigenvalue weighted by atomic mass is 9.95. The van der Waals surface area contributed by atoms with Crippen LogP contribution in [0.1, 0.15) is 59.8 Å². The van der Waals surface area contributed by atoms with Crippen molar-refractivity contribution in [2.24, 2.45) is 5.92 Å². The first kappa shape index (κ1) is 25.3. The number of nitrogens with zero attached hydrogens (tertiary/aromatic N) is 3. The zero-order chi connectivity index (χ0) is 24.9. The van der Waals surface area contributed by atoms with E-state index >= 15 is 0 Å². The molecule has 1 aliphatic heterocycles. The third-order valence-corrected chi connectivity index (χ3v) is 7.02. The maximum Gasteiger partial charge on any atom is 0.239 e. The van der Waals surface area contributed by atoms with Gasteiger partial charge in [0.15, 0.2) is 5.78 Å². The number of amides is 1. The highest BCUT2D eigenvalue weighted by Crippen LogP contribution is 2.27. The van der Waals surface area contributed by atoms with Crippen LogP contribution in [0.3, 0.4) is 0 Å². The molecule has 1 saturated heterocycles. The van der Waals surface area contributed by atoms with Gasteiger partial charge in [-0.25, -0.2) is 17.8 Å². The van der Waals surface area contributed by atoms with Crippen molar-refractivity contribution in [3.05, 3.63) is 58.5 Å². The molecule has 1 fully saturated rings. The number of ketones is 1. The number of carbonyl (C=O) groups excluding carboxylic acids is 2. The van der Waals surface area contributed by atoms with Crippen LogP contribution in [0.2, 0.25) is 0 Å². The lowest BCUT2D eigenvalue weighted by molar-refractivity contribution is -0.123. The van der Waals surface area contributed by atoms with Gasteiger partial charge >= 0.3 is 0 Å². The Morgan fingerprint density at radius 1 is 1.26 bits per heavy atom. The molecule has 1 amide bonds. The zero-order valence-electron chi connectivity index (χ0n) is 19.2. The van der Waals surface area contributed by atoms with Gasteiger partial charge in [-0.3, -0.25) is 14.3 Å². The number of sulfonamides is 1. The van der Waals surface area contributed by atoms with Gasteiger partial charge in [-0.1, -0.05) is 25.1 Å². The monoisotopic (exact) mass is 486 g/mol. The molecule has 3 rings (SSSR count). The van der Waals surface area contributed by atoms with Crippen molar-refractivity contribution in [1.29, 1.82) is 5.26 Å². The number of rotatable bonds is 8. The first-order valence-corrected chi connectivity index (χ1v) is 12.8. The molecule has 34 heavy (non-hydrogen) atoms. The maximum absolute atomic E-state index is 13.8. The van der Waals surface area contributed by atoms with Crippen LogP contribution in [0.15, 0.2) is 30.3 Å². The first-order valence-electron chi connectivity index (χ1n) is 11.1. The molecule has 0 spiro atoms. The minimum Gasteiger partial charge on any atom is -0.355 e. The molecule has 2 aromatic rings. The third kappa shape index (κ3) is 5.97. The summed E-state index contributed by atoms with van der Waals surface area (Å²) in [7, 11) is -4.05. The largest absolute Gasteiger partial charge is 0.355 e. The molecule has 0 bridgehead atoms. The molecule has 0 aliphatic carbocycles. The average Bonchev–Trinajstić information content (AvgIpc) is 2.80. The fourth-order valence-corrected chi connectivity index (χ4v) is 5.20. The molecule has 0 unspecified atom stereocenters. The van der Waals surface area contributed by atoms with Gasteiger partial charge in [0.05, 0.1) is 17.0 Å². The number of carbonyl (C=O) groups is 2. The van der Waals surface area contributed by atoms with Crippen molar-refractivity contribution in [1.82, 2.24) is 9.71 Å². The summed E-state index contributed by atoms with van der Waals surface area (Å²) in [6.45, 7) is 4.43. The smallest absolute Gasteiger partial charge is 0.239 e. The van der Waals surface area contributed by atoms with Gasteiger partial charge in [-0.15, -0.1) is 0 Å². The Labute approximate surface area is 198 Å². The average molecular weight is 487 g/mol. The summed E-state index contributed by atoms with van der Waals surface area (Å²) in [5, 5.41) is 9.60. The topological polar surface area (TPSA) is 120 Å². The van der Waals surface area contributed by atoms with Gasteiger partial charge in [0.1, 0.15) is 17.7 Å². The van der Waals surface area contributed by atoms with E-state index in [1.807, 2.05) is 11.8 Å². The third-order valence-electron chi connectivity index (χ3n) is 5.82. The van der Waals surface area contributed by atoms with E-state index in [4.69, 9.17) is 0 Å². The number of Topliss-reactive ketones (excluding diaryl/α,β-unsaturated/α-hetero) is 1. The molecule has 8 nitrogen and oxygen atoms in total. The summed E-state index contributed by atoms with van der Waals surface area (Å²) < 4.78 is 40.6. The number of hydrogen-bond acceptors (Lipinski definition) is 7. The van der Waals surface area contributed by atoms with Gasteiger partial charge in [0.25, 0.3) is 0 Å². The minimum atomic E-state index is -4.05. The lowest BCUT2D eigenvalue weighted by Crippen LogP contribution is -2.43. The Hall–Kier alpha value is -3.32. The van der Waals surface area contributed by atoms with Crippen LogP contribution in [-0.2, 0) is 20.6 Å². The predicted octanol–water partition coefficient (Wildman–Crippen LogP) is 3.25. The number of piperidine rings is 1. The van der Waals surface area contributed by atoms with Crippen LogP contribution >= 0.6 is 0 Å². The van der Waals surface area contributed by atoms with Crippen LogP contribution < -0.4 is 9.62 Å². The van der Waals surface area contributed by atoms with E-state index in [9.17, 15) is 27.7 Å². The number of nitriles is 1. The van der Waals surface area contributed by atoms with Crippen LogP contribution in [0.5, 0.6) is 0 Å². The SMILES string of the molecule is CCCC(=O)c1cc(C#N)c(N2CCC(C(=O)NS(=O)(=O)Cc3ccccc3F)CC2)nc1C.